The molecule has 0 unspecified atom stereocenters. The number of nitrogen functional groups attached to an aromatic ring is 1. The van der Waals surface area contributed by atoms with E-state index < -0.39 is 5.91 Å². The van der Waals surface area contributed by atoms with Crippen LogP contribution in [0.1, 0.15) is 10.4 Å². The minimum absolute atomic E-state index is 0.349. The molecule has 12 heavy (non-hydrogen) atoms. The van der Waals surface area contributed by atoms with Gasteiger partial charge in [0.25, 0.3) is 5.91 Å². The topological polar surface area (TPSA) is 81.1 Å². The molecule has 0 atom stereocenters. The Bertz CT molecular complexity index is 309. The lowest BCUT2D eigenvalue weighted by atomic mass is 10.1. The van der Waals surface area contributed by atoms with Crippen LogP contribution in [0.15, 0.2) is 18.2 Å². The van der Waals surface area contributed by atoms with E-state index in [0.29, 0.717) is 16.9 Å². The molecule has 0 aliphatic heterocycles. The molecule has 1 rings (SSSR count). The second kappa shape index (κ2) is 3.13. The molecule has 0 aliphatic carbocycles. The summed E-state index contributed by atoms with van der Waals surface area (Å²) in [7, 11) is 1.73. The molecule has 0 radical (unpaired) electrons. The van der Waals surface area contributed by atoms with Crippen molar-refractivity contribution in [1.29, 1.82) is 0 Å². The second-order valence-electron chi connectivity index (χ2n) is 2.38. The molecule has 0 aliphatic rings. The maximum atomic E-state index is 10.8. The van der Waals surface area contributed by atoms with E-state index in [4.69, 9.17) is 11.5 Å². The predicted octanol–water partition coefficient (Wildman–Crippen LogP) is 0.409. The summed E-state index contributed by atoms with van der Waals surface area (Å²) in [6, 6.07) is 5.10. The molecule has 0 saturated heterocycles. The zero-order valence-corrected chi connectivity index (χ0v) is 6.79. The molecule has 0 bridgehead atoms. The SMILES string of the molecule is CNc1cccc(C(N)=O)c1N. The Hall–Kier alpha value is -1.71. The van der Waals surface area contributed by atoms with E-state index in [1.165, 1.54) is 0 Å². The van der Waals surface area contributed by atoms with Gasteiger partial charge in [-0.1, -0.05) is 6.07 Å². The van der Waals surface area contributed by atoms with Gasteiger partial charge >= 0.3 is 0 Å². The van der Waals surface area contributed by atoms with Crippen LogP contribution in [0.4, 0.5) is 11.4 Å². The number of amides is 1. The first-order valence-electron chi connectivity index (χ1n) is 3.53. The van der Waals surface area contributed by atoms with E-state index in [1.807, 2.05) is 0 Å². The molecule has 1 amide bonds. The van der Waals surface area contributed by atoms with E-state index in [0.717, 1.165) is 0 Å². The lowest BCUT2D eigenvalue weighted by Crippen LogP contribution is -2.14. The fourth-order valence-corrected chi connectivity index (χ4v) is 0.998. The van der Waals surface area contributed by atoms with Crippen molar-refractivity contribution >= 4 is 17.3 Å². The Morgan fingerprint density at radius 1 is 1.50 bits per heavy atom. The highest BCUT2D eigenvalue weighted by Gasteiger charge is 2.07. The summed E-state index contributed by atoms with van der Waals surface area (Å²) in [5, 5.41) is 2.86. The zero-order valence-electron chi connectivity index (χ0n) is 6.79. The third-order valence-corrected chi connectivity index (χ3v) is 1.64. The smallest absolute Gasteiger partial charge is 0.250 e. The number of nitrogens with two attached hydrogens (primary N) is 2. The summed E-state index contributed by atoms with van der Waals surface area (Å²) in [5.41, 5.74) is 12.2. The summed E-state index contributed by atoms with van der Waals surface area (Å²) in [6.07, 6.45) is 0. The van der Waals surface area contributed by atoms with E-state index in [2.05, 4.69) is 5.32 Å². The van der Waals surface area contributed by atoms with Crippen LogP contribution in [0.2, 0.25) is 0 Å². The molecule has 0 aromatic heterocycles. The maximum absolute atomic E-state index is 10.8. The van der Waals surface area contributed by atoms with E-state index in [1.54, 1.807) is 25.2 Å². The average molecular weight is 165 g/mol. The van der Waals surface area contributed by atoms with Crippen molar-refractivity contribution in [2.45, 2.75) is 0 Å². The third kappa shape index (κ3) is 1.32. The number of rotatable bonds is 2. The summed E-state index contributed by atoms with van der Waals surface area (Å²) in [6.45, 7) is 0. The van der Waals surface area contributed by atoms with Gasteiger partial charge in [-0.15, -0.1) is 0 Å². The molecule has 1 aromatic carbocycles. The average Bonchev–Trinajstić information content (AvgIpc) is 2.04. The summed E-state index contributed by atoms with van der Waals surface area (Å²) in [4.78, 5) is 10.8. The number of primary amides is 1. The molecule has 0 fully saturated rings. The van der Waals surface area contributed by atoms with Crippen molar-refractivity contribution < 1.29 is 4.79 Å². The largest absolute Gasteiger partial charge is 0.396 e. The molecule has 0 saturated carbocycles. The number of nitrogens with one attached hydrogen (secondary N) is 1. The summed E-state index contributed by atoms with van der Waals surface area (Å²) in [5.74, 6) is -0.510. The third-order valence-electron chi connectivity index (χ3n) is 1.64. The second-order valence-corrected chi connectivity index (χ2v) is 2.38. The maximum Gasteiger partial charge on any atom is 0.250 e. The molecule has 0 heterocycles. The van der Waals surface area contributed by atoms with Crippen LogP contribution in [-0.4, -0.2) is 13.0 Å². The van der Waals surface area contributed by atoms with Crippen molar-refractivity contribution in [3.8, 4) is 0 Å². The summed E-state index contributed by atoms with van der Waals surface area (Å²) < 4.78 is 0. The van der Waals surface area contributed by atoms with Crippen molar-refractivity contribution in [3.63, 3.8) is 0 Å². The first-order valence-corrected chi connectivity index (χ1v) is 3.53. The molecule has 64 valence electrons. The van der Waals surface area contributed by atoms with Crippen molar-refractivity contribution in [1.82, 2.24) is 0 Å². The number of para-hydroxylation sites is 1. The first kappa shape index (κ1) is 8.39. The number of anilines is 2. The zero-order chi connectivity index (χ0) is 9.14. The fourth-order valence-electron chi connectivity index (χ4n) is 0.998. The summed E-state index contributed by atoms with van der Waals surface area (Å²) >= 11 is 0. The van der Waals surface area contributed by atoms with Crippen molar-refractivity contribution in [3.05, 3.63) is 23.8 Å². The quantitative estimate of drug-likeness (QED) is 0.555. The Balaban J connectivity index is 3.23. The first-order chi connectivity index (χ1) is 5.66. The number of hydrogen-bond acceptors (Lipinski definition) is 3. The van der Waals surface area contributed by atoms with Gasteiger partial charge in [0.05, 0.1) is 16.9 Å². The van der Waals surface area contributed by atoms with Crippen molar-refractivity contribution in [2.24, 2.45) is 5.73 Å². The van der Waals surface area contributed by atoms with Gasteiger partial charge in [-0.25, -0.2) is 0 Å². The van der Waals surface area contributed by atoms with Crippen LogP contribution in [0.25, 0.3) is 0 Å². The molecule has 5 N–H and O–H groups in total. The van der Waals surface area contributed by atoms with E-state index in [-0.39, 0.29) is 0 Å². The molecule has 1 aromatic rings. The molecule has 4 heteroatoms. The minimum Gasteiger partial charge on any atom is -0.396 e. The number of hydrogen-bond donors (Lipinski definition) is 3. The van der Waals surface area contributed by atoms with Gasteiger partial charge < -0.3 is 16.8 Å². The van der Waals surface area contributed by atoms with Gasteiger partial charge in [0, 0.05) is 7.05 Å². The van der Waals surface area contributed by atoms with Gasteiger partial charge in [-0.2, -0.15) is 0 Å². The van der Waals surface area contributed by atoms with Gasteiger partial charge in [-0.3, -0.25) is 4.79 Å². The Kier molecular flexibility index (Phi) is 2.19. The lowest BCUT2D eigenvalue weighted by Gasteiger charge is -2.06. The van der Waals surface area contributed by atoms with Crippen LogP contribution in [0, 0.1) is 0 Å². The monoisotopic (exact) mass is 165 g/mol. The highest BCUT2D eigenvalue weighted by Crippen LogP contribution is 2.21. The van der Waals surface area contributed by atoms with Crippen LogP contribution in [0.3, 0.4) is 0 Å². The van der Waals surface area contributed by atoms with Gasteiger partial charge in [0.2, 0.25) is 0 Å². The van der Waals surface area contributed by atoms with Crippen molar-refractivity contribution in [2.75, 3.05) is 18.1 Å². The van der Waals surface area contributed by atoms with Crippen LogP contribution in [0.5, 0.6) is 0 Å². The van der Waals surface area contributed by atoms with E-state index >= 15 is 0 Å². The number of carbonyl (C=O) groups is 1. The number of carbonyl (C=O) groups excluding carboxylic acids is 1. The molecular formula is C8H11N3O. The highest BCUT2D eigenvalue weighted by molar-refractivity contribution is 6.00. The number of benzene rings is 1. The lowest BCUT2D eigenvalue weighted by molar-refractivity contribution is 0.100. The Labute approximate surface area is 70.6 Å². The minimum atomic E-state index is -0.510. The van der Waals surface area contributed by atoms with Crippen LogP contribution < -0.4 is 16.8 Å². The van der Waals surface area contributed by atoms with E-state index in [9.17, 15) is 4.79 Å². The Morgan fingerprint density at radius 2 is 2.17 bits per heavy atom. The molecule has 0 spiro atoms. The van der Waals surface area contributed by atoms with Gasteiger partial charge in [0.15, 0.2) is 0 Å². The standard InChI is InChI=1S/C8H11N3O/c1-11-6-4-2-3-5(7(6)9)8(10)12/h2-4,11H,9H2,1H3,(H2,10,12). The van der Waals surface area contributed by atoms with Gasteiger partial charge in [-0.05, 0) is 12.1 Å². The highest BCUT2D eigenvalue weighted by atomic mass is 16.1. The Morgan fingerprint density at radius 3 is 2.67 bits per heavy atom. The predicted molar refractivity (Wildman–Crippen MR) is 48.9 cm³/mol. The fraction of sp³-hybridized carbons (Fsp3) is 0.125. The molecular weight excluding hydrogens is 154 g/mol. The van der Waals surface area contributed by atoms with Gasteiger partial charge in [0.1, 0.15) is 0 Å². The normalized spacial score (nSPS) is 9.42. The van der Waals surface area contributed by atoms with Crippen LogP contribution >= 0.6 is 0 Å². The molecule has 4 nitrogen and oxygen atoms in total. The van der Waals surface area contributed by atoms with Crippen LogP contribution in [-0.2, 0) is 0 Å².